The average Bonchev–Trinajstić information content (AvgIpc) is 3.30. The van der Waals surface area contributed by atoms with E-state index in [0.29, 0.717) is 26.2 Å². The molecule has 2 heterocycles. The van der Waals surface area contributed by atoms with E-state index >= 15 is 0 Å². The molecule has 1 N–H and O–H groups in total. The van der Waals surface area contributed by atoms with Gasteiger partial charge in [-0.05, 0) is 18.8 Å². The number of amides is 1. The van der Waals surface area contributed by atoms with Gasteiger partial charge >= 0.3 is 0 Å². The Morgan fingerprint density at radius 2 is 2.24 bits per heavy atom. The highest BCUT2D eigenvalue weighted by molar-refractivity contribution is 14.0. The van der Waals surface area contributed by atoms with Crippen LogP contribution in [-0.4, -0.2) is 73.0 Å². The minimum Gasteiger partial charge on any atom is -0.379 e. The lowest BCUT2D eigenvalue weighted by Crippen LogP contribution is -2.55. The van der Waals surface area contributed by atoms with E-state index < -0.39 is 0 Å². The number of aromatic nitrogens is 2. The summed E-state index contributed by atoms with van der Waals surface area (Å²) in [5, 5.41) is 7.41. The molecule has 1 saturated carbocycles. The van der Waals surface area contributed by atoms with E-state index in [-0.39, 0.29) is 29.9 Å². The second-order valence-electron chi connectivity index (χ2n) is 6.33. The number of guanidine groups is 1. The number of carbonyl (C=O) groups is 1. The molecule has 8 nitrogen and oxygen atoms in total. The highest BCUT2D eigenvalue weighted by atomic mass is 127. The quantitative estimate of drug-likeness (QED) is 0.292. The molecule has 0 radical (unpaired) electrons. The fourth-order valence-corrected chi connectivity index (χ4v) is 2.78. The maximum Gasteiger partial charge on any atom is 0.246 e. The molecule has 25 heavy (non-hydrogen) atoms. The van der Waals surface area contributed by atoms with Crippen molar-refractivity contribution in [2.24, 2.45) is 18.0 Å². The zero-order chi connectivity index (χ0) is 16.9. The van der Waals surface area contributed by atoms with Crippen LogP contribution in [0.4, 0.5) is 5.69 Å². The molecular formula is C16H27IN6O2. The molecule has 1 amide bonds. The van der Waals surface area contributed by atoms with Gasteiger partial charge in [-0.1, -0.05) is 0 Å². The molecule has 1 aromatic heterocycles. The summed E-state index contributed by atoms with van der Waals surface area (Å²) < 4.78 is 7.32. The number of nitrogens with zero attached hydrogens (tertiary/aromatic N) is 5. The number of rotatable bonds is 6. The van der Waals surface area contributed by atoms with E-state index in [1.54, 1.807) is 22.8 Å². The first kappa shape index (κ1) is 20.0. The van der Waals surface area contributed by atoms with Crippen molar-refractivity contribution in [3.05, 3.63) is 12.4 Å². The Hall–Kier alpha value is -1.36. The van der Waals surface area contributed by atoms with Gasteiger partial charge in [0.05, 0.1) is 18.5 Å². The summed E-state index contributed by atoms with van der Waals surface area (Å²) in [5.41, 5.74) is 0.846. The van der Waals surface area contributed by atoms with Crippen LogP contribution in [0.25, 0.3) is 0 Å². The van der Waals surface area contributed by atoms with Gasteiger partial charge in [-0.2, -0.15) is 5.10 Å². The molecule has 1 aliphatic heterocycles. The van der Waals surface area contributed by atoms with Gasteiger partial charge in [-0.3, -0.25) is 14.5 Å². The van der Waals surface area contributed by atoms with Crippen molar-refractivity contribution in [3.63, 3.8) is 0 Å². The van der Waals surface area contributed by atoms with Gasteiger partial charge in [0.1, 0.15) is 6.54 Å². The van der Waals surface area contributed by atoms with Crippen LogP contribution in [0.15, 0.2) is 17.4 Å². The predicted octanol–water partition coefficient (Wildman–Crippen LogP) is 0.689. The zero-order valence-electron chi connectivity index (χ0n) is 14.8. The topological polar surface area (TPSA) is 75.0 Å². The van der Waals surface area contributed by atoms with E-state index in [4.69, 9.17) is 4.74 Å². The second-order valence-corrected chi connectivity index (χ2v) is 6.33. The fraction of sp³-hybridized carbons (Fsp3) is 0.688. The smallest absolute Gasteiger partial charge is 0.246 e. The number of anilines is 1. The summed E-state index contributed by atoms with van der Waals surface area (Å²) in [6.45, 7) is 3.92. The lowest BCUT2D eigenvalue weighted by atomic mass is 10.3. The summed E-state index contributed by atoms with van der Waals surface area (Å²) in [7, 11) is 3.59. The number of aryl methyl sites for hydroxylation is 1. The first-order chi connectivity index (χ1) is 11.7. The molecule has 0 aromatic carbocycles. The van der Waals surface area contributed by atoms with Gasteiger partial charge in [0, 0.05) is 46.5 Å². The molecule has 2 aliphatic rings. The molecule has 0 unspecified atom stereocenters. The summed E-state index contributed by atoms with van der Waals surface area (Å²) in [4.78, 5) is 20.5. The van der Waals surface area contributed by atoms with Crippen LogP contribution in [0.1, 0.15) is 12.8 Å². The Labute approximate surface area is 165 Å². The standard InChI is InChI=1S/C16H26N6O2.HI/c1-17-16(18-5-8-24-12-13-3-4-13)21-6-7-22(15(23)11-21)14-9-19-20(2)10-14;/h9-10,13H,3-8,11-12H2,1-2H3,(H,17,18);1H. The Bertz CT molecular complexity index is 601. The van der Waals surface area contributed by atoms with Gasteiger partial charge in [-0.15, -0.1) is 24.0 Å². The van der Waals surface area contributed by atoms with Gasteiger partial charge in [0.15, 0.2) is 5.96 Å². The lowest BCUT2D eigenvalue weighted by Gasteiger charge is -2.35. The van der Waals surface area contributed by atoms with Crippen LogP contribution in [0.3, 0.4) is 0 Å². The fourth-order valence-electron chi connectivity index (χ4n) is 2.78. The number of piperazine rings is 1. The Morgan fingerprint density at radius 3 is 2.84 bits per heavy atom. The first-order valence-electron chi connectivity index (χ1n) is 8.49. The molecule has 140 valence electrons. The Kier molecular flexibility index (Phi) is 7.48. The summed E-state index contributed by atoms with van der Waals surface area (Å²) in [5.74, 6) is 1.59. The number of hydrogen-bond donors (Lipinski definition) is 1. The molecule has 0 spiro atoms. The summed E-state index contributed by atoms with van der Waals surface area (Å²) >= 11 is 0. The molecule has 0 bridgehead atoms. The molecule has 9 heteroatoms. The van der Waals surface area contributed by atoms with E-state index in [1.165, 1.54) is 12.8 Å². The zero-order valence-corrected chi connectivity index (χ0v) is 17.2. The Balaban J connectivity index is 0.00000225. The number of aliphatic imine (C=N–C) groups is 1. The minimum absolute atomic E-state index is 0. The van der Waals surface area contributed by atoms with E-state index in [0.717, 1.165) is 30.7 Å². The molecular weight excluding hydrogens is 435 g/mol. The van der Waals surface area contributed by atoms with Crippen molar-refractivity contribution in [2.45, 2.75) is 12.8 Å². The van der Waals surface area contributed by atoms with Gasteiger partial charge in [0.25, 0.3) is 0 Å². The predicted molar refractivity (Wildman–Crippen MR) is 107 cm³/mol. The molecule has 3 rings (SSSR count). The van der Waals surface area contributed by atoms with Crippen LogP contribution < -0.4 is 10.2 Å². The van der Waals surface area contributed by atoms with Crippen LogP contribution in [0, 0.1) is 5.92 Å². The maximum atomic E-state index is 12.4. The molecule has 1 aromatic rings. The van der Waals surface area contributed by atoms with Gasteiger partial charge in [-0.25, -0.2) is 0 Å². The number of halogens is 1. The van der Waals surface area contributed by atoms with Gasteiger partial charge < -0.3 is 19.9 Å². The van der Waals surface area contributed by atoms with Crippen LogP contribution >= 0.6 is 24.0 Å². The van der Waals surface area contributed by atoms with Crippen LogP contribution in [0.5, 0.6) is 0 Å². The number of hydrogen-bond acceptors (Lipinski definition) is 4. The number of ether oxygens (including phenoxy) is 1. The van der Waals surface area contributed by atoms with Gasteiger partial charge in [0.2, 0.25) is 5.91 Å². The SMILES string of the molecule is CN=C(NCCOCC1CC1)N1CCN(c2cnn(C)c2)C(=O)C1.I. The molecule has 1 saturated heterocycles. The maximum absolute atomic E-state index is 12.4. The average molecular weight is 462 g/mol. The van der Waals surface area contributed by atoms with Crippen LogP contribution in [0.2, 0.25) is 0 Å². The first-order valence-corrected chi connectivity index (χ1v) is 8.49. The van der Waals surface area contributed by atoms with Crippen molar-refractivity contribution in [2.75, 3.05) is 51.3 Å². The normalized spacial score (nSPS) is 18.3. The summed E-state index contributed by atoms with van der Waals surface area (Å²) in [6.07, 6.45) is 6.19. The van der Waals surface area contributed by atoms with E-state index in [1.807, 2.05) is 18.1 Å². The Morgan fingerprint density at radius 1 is 1.44 bits per heavy atom. The number of carbonyl (C=O) groups excluding carboxylic acids is 1. The molecule has 1 aliphatic carbocycles. The monoisotopic (exact) mass is 462 g/mol. The van der Waals surface area contributed by atoms with Crippen molar-refractivity contribution < 1.29 is 9.53 Å². The number of nitrogens with one attached hydrogen (secondary N) is 1. The third kappa shape index (κ3) is 5.56. The minimum atomic E-state index is 0. The van der Waals surface area contributed by atoms with Crippen molar-refractivity contribution >= 4 is 41.5 Å². The summed E-state index contributed by atoms with van der Waals surface area (Å²) in [6, 6.07) is 0. The van der Waals surface area contributed by atoms with Crippen LogP contribution in [-0.2, 0) is 16.6 Å². The second kappa shape index (κ2) is 9.37. The van der Waals surface area contributed by atoms with E-state index in [9.17, 15) is 4.79 Å². The third-order valence-electron chi connectivity index (χ3n) is 4.31. The van der Waals surface area contributed by atoms with Crippen molar-refractivity contribution in [1.29, 1.82) is 0 Å². The largest absolute Gasteiger partial charge is 0.379 e. The third-order valence-corrected chi connectivity index (χ3v) is 4.31. The van der Waals surface area contributed by atoms with E-state index in [2.05, 4.69) is 15.4 Å². The molecule has 2 fully saturated rings. The highest BCUT2D eigenvalue weighted by Crippen LogP contribution is 2.28. The van der Waals surface area contributed by atoms with Crippen molar-refractivity contribution in [1.82, 2.24) is 20.0 Å². The van der Waals surface area contributed by atoms with Crippen molar-refractivity contribution in [3.8, 4) is 0 Å². The molecule has 0 atom stereocenters. The lowest BCUT2D eigenvalue weighted by molar-refractivity contribution is -0.120. The highest BCUT2D eigenvalue weighted by Gasteiger charge is 2.27.